The highest BCUT2D eigenvalue weighted by atomic mass is 19.4. The van der Waals surface area contributed by atoms with Gasteiger partial charge in [-0.15, -0.1) is 0 Å². The third-order valence-electron chi connectivity index (χ3n) is 2.99. The van der Waals surface area contributed by atoms with Crippen molar-refractivity contribution in [2.45, 2.75) is 19.3 Å². The topological polar surface area (TPSA) is 56.5 Å². The molecule has 0 amide bonds. The summed E-state index contributed by atoms with van der Waals surface area (Å²) in [5.74, 6) is -1.83. The van der Waals surface area contributed by atoms with Gasteiger partial charge >= 0.3 is 23.9 Å². The summed E-state index contributed by atoms with van der Waals surface area (Å²) in [4.78, 5) is 23.2. The summed E-state index contributed by atoms with van der Waals surface area (Å²) < 4.78 is 86.3. The standard InChI is InChI=1S/C14H8F6O4/c1-2-23-12(22)10-4-6-3-8(13(15,16)17)9(14(18,19)20)5-7(6)11(21)24-10/h3-5H,2H2,1H3. The molecule has 0 saturated heterocycles. The van der Waals surface area contributed by atoms with Crippen LogP contribution >= 0.6 is 0 Å². The maximum Gasteiger partial charge on any atom is 0.417 e. The molecule has 0 unspecified atom stereocenters. The average molecular weight is 354 g/mol. The minimum absolute atomic E-state index is 0.0545. The first-order valence-electron chi connectivity index (χ1n) is 6.38. The van der Waals surface area contributed by atoms with Crippen molar-refractivity contribution < 1.29 is 40.3 Å². The van der Waals surface area contributed by atoms with Crippen LogP contribution in [0.1, 0.15) is 28.6 Å². The molecule has 2 rings (SSSR count). The number of halogens is 6. The lowest BCUT2D eigenvalue weighted by atomic mass is 10.0. The molecule has 0 saturated carbocycles. The Labute approximate surface area is 129 Å². The van der Waals surface area contributed by atoms with E-state index in [4.69, 9.17) is 0 Å². The Morgan fingerprint density at radius 3 is 2.08 bits per heavy atom. The highest BCUT2D eigenvalue weighted by molar-refractivity contribution is 5.92. The summed E-state index contributed by atoms with van der Waals surface area (Å²) in [5.41, 5.74) is -5.36. The summed E-state index contributed by atoms with van der Waals surface area (Å²) in [6.45, 7) is 1.34. The molecule has 1 aromatic carbocycles. The fourth-order valence-corrected chi connectivity index (χ4v) is 2.01. The molecule has 4 nitrogen and oxygen atoms in total. The molecular formula is C14H8F6O4. The Morgan fingerprint density at radius 2 is 1.58 bits per heavy atom. The second kappa shape index (κ2) is 5.84. The Hall–Kier alpha value is -2.52. The lowest BCUT2D eigenvalue weighted by Crippen LogP contribution is -2.18. The van der Waals surface area contributed by atoms with E-state index < -0.39 is 51.6 Å². The number of rotatable bonds is 2. The molecule has 0 fully saturated rings. The molecule has 0 bridgehead atoms. The van der Waals surface area contributed by atoms with Gasteiger partial charge in [0, 0.05) is 0 Å². The fraction of sp³-hybridized carbons (Fsp3) is 0.286. The van der Waals surface area contributed by atoms with E-state index in [0.29, 0.717) is 0 Å². The third kappa shape index (κ3) is 3.36. The number of alkyl halides is 6. The summed E-state index contributed by atoms with van der Waals surface area (Å²) in [6, 6.07) is 0.931. The van der Waals surface area contributed by atoms with Crippen molar-refractivity contribution in [3.8, 4) is 0 Å². The van der Waals surface area contributed by atoms with E-state index in [-0.39, 0.29) is 18.7 Å². The Kier molecular flexibility index (Phi) is 4.34. The van der Waals surface area contributed by atoms with Crippen molar-refractivity contribution in [3.63, 3.8) is 0 Å². The highest BCUT2D eigenvalue weighted by Crippen LogP contribution is 2.41. The molecule has 0 atom stereocenters. The van der Waals surface area contributed by atoms with E-state index >= 15 is 0 Å². The maximum absolute atomic E-state index is 12.9. The zero-order chi connectivity index (χ0) is 18.3. The van der Waals surface area contributed by atoms with Gasteiger partial charge in [-0.25, -0.2) is 9.59 Å². The summed E-state index contributed by atoms with van der Waals surface area (Å²) in [7, 11) is 0. The molecule has 130 valence electrons. The van der Waals surface area contributed by atoms with Gasteiger partial charge in [-0.3, -0.25) is 0 Å². The normalized spacial score (nSPS) is 12.5. The molecule has 0 spiro atoms. The van der Waals surface area contributed by atoms with Crippen LogP contribution in [-0.4, -0.2) is 12.6 Å². The number of hydrogen-bond donors (Lipinski definition) is 0. The minimum atomic E-state index is -5.33. The van der Waals surface area contributed by atoms with Crippen LogP contribution in [-0.2, 0) is 17.1 Å². The quantitative estimate of drug-likeness (QED) is 0.604. The minimum Gasteiger partial charge on any atom is -0.460 e. The van der Waals surface area contributed by atoms with E-state index in [9.17, 15) is 35.9 Å². The van der Waals surface area contributed by atoms with E-state index in [1.54, 1.807) is 0 Å². The summed E-state index contributed by atoms with van der Waals surface area (Å²) >= 11 is 0. The molecular weight excluding hydrogens is 346 g/mol. The van der Waals surface area contributed by atoms with Crippen LogP contribution in [0.3, 0.4) is 0 Å². The average Bonchev–Trinajstić information content (AvgIpc) is 2.44. The second-order valence-corrected chi connectivity index (χ2v) is 4.60. The predicted octanol–water partition coefficient (Wildman–Crippen LogP) is 4.01. The predicted molar refractivity (Wildman–Crippen MR) is 68.4 cm³/mol. The lowest BCUT2D eigenvalue weighted by Gasteiger charge is -2.16. The molecule has 10 heteroatoms. The van der Waals surface area contributed by atoms with Crippen molar-refractivity contribution in [3.05, 3.63) is 45.5 Å². The van der Waals surface area contributed by atoms with Crippen LogP contribution in [0, 0.1) is 0 Å². The van der Waals surface area contributed by atoms with Gasteiger partial charge in [0.25, 0.3) is 0 Å². The van der Waals surface area contributed by atoms with Crippen LogP contribution in [0.4, 0.5) is 26.3 Å². The van der Waals surface area contributed by atoms with Crippen molar-refractivity contribution >= 4 is 16.7 Å². The fourth-order valence-electron chi connectivity index (χ4n) is 2.01. The van der Waals surface area contributed by atoms with Crippen molar-refractivity contribution in [2.75, 3.05) is 6.61 Å². The smallest absolute Gasteiger partial charge is 0.417 e. The molecule has 0 aliphatic rings. The number of carbonyl (C=O) groups is 1. The zero-order valence-corrected chi connectivity index (χ0v) is 11.8. The lowest BCUT2D eigenvalue weighted by molar-refractivity contribution is -0.161. The van der Waals surface area contributed by atoms with Gasteiger partial charge in [-0.1, -0.05) is 0 Å². The Morgan fingerprint density at radius 1 is 1.04 bits per heavy atom. The first-order valence-corrected chi connectivity index (χ1v) is 6.38. The monoisotopic (exact) mass is 354 g/mol. The van der Waals surface area contributed by atoms with Gasteiger partial charge in [-0.2, -0.15) is 26.3 Å². The number of benzene rings is 1. The van der Waals surface area contributed by atoms with Crippen molar-refractivity contribution in [1.29, 1.82) is 0 Å². The zero-order valence-electron chi connectivity index (χ0n) is 11.8. The van der Waals surface area contributed by atoms with Crippen LogP contribution in [0.2, 0.25) is 0 Å². The van der Waals surface area contributed by atoms with Crippen molar-refractivity contribution in [1.82, 2.24) is 0 Å². The first kappa shape index (κ1) is 17.8. The molecule has 0 aliphatic carbocycles. The molecule has 0 N–H and O–H groups in total. The van der Waals surface area contributed by atoms with Gasteiger partial charge in [-0.05, 0) is 30.5 Å². The number of hydrogen-bond acceptors (Lipinski definition) is 4. The SMILES string of the molecule is CCOC(=O)c1cc2cc(C(F)(F)F)c(C(F)(F)F)cc2c(=O)o1. The van der Waals surface area contributed by atoms with Gasteiger partial charge in [0.1, 0.15) is 0 Å². The van der Waals surface area contributed by atoms with Crippen LogP contribution < -0.4 is 5.63 Å². The maximum atomic E-state index is 12.9. The largest absolute Gasteiger partial charge is 0.460 e. The van der Waals surface area contributed by atoms with E-state index in [2.05, 4.69) is 9.15 Å². The van der Waals surface area contributed by atoms with Gasteiger partial charge in [0.05, 0.1) is 23.1 Å². The molecule has 0 radical (unpaired) electrons. The Balaban J connectivity index is 2.81. The molecule has 1 aromatic heterocycles. The first-order chi connectivity index (χ1) is 10.9. The van der Waals surface area contributed by atoms with Gasteiger partial charge in [0.2, 0.25) is 5.76 Å². The number of carbonyl (C=O) groups excluding carboxylic acids is 1. The number of fused-ring (bicyclic) bond motifs is 1. The second-order valence-electron chi connectivity index (χ2n) is 4.60. The van der Waals surface area contributed by atoms with Gasteiger partial charge < -0.3 is 9.15 Å². The molecule has 1 heterocycles. The van der Waals surface area contributed by atoms with Crippen molar-refractivity contribution in [2.24, 2.45) is 0 Å². The molecule has 0 aliphatic heterocycles. The molecule has 24 heavy (non-hydrogen) atoms. The van der Waals surface area contributed by atoms with Crippen LogP contribution in [0.15, 0.2) is 27.4 Å². The summed E-state index contributed by atoms with van der Waals surface area (Å²) in [6.07, 6.45) is -10.6. The van der Waals surface area contributed by atoms with E-state index in [1.807, 2.05) is 0 Å². The molecule has 2 aromatic rings. The van der Waals surface area contributed by atoms with Crippen LogP contribution in [0.5, 0.6) is 0 Å². The highest BCUT2D eigenvalue weighted by Gasteiger charge is 2.43. The third-order valence-corrected chi connectivity index (χ3v) is 2.99. The van der Waals surface area contributed by atoms with E-state index in [0.717, 1.165) is 6.07 Å². The van der Waals surface area contributed by atoms with Crippen LogP contribution in [0.25, 0.3) is 10.8 Å². The van der Waals surface area contributed by atoms with E-state index in [1.165, 1.54) is 6.92 Å². The number of esters is 1. The summed E-state index contributed by atoms with van der Waals surface area (Å²) in [5, 5.41) is -1.25. The Bertz CT molecular complexity index is 847. The van der Waals surface area contributed by atoms with Gasteiger partial charge in [0.15, 0.2) is 0 Å². The number of ether oxygens (including phenoxy) is 1.